The molecule has 0 bridgehead atoms. The first-order valence-corrected chi connectivity index (χ1v) is 7.62. The van der Waals surface area contributed by atoms with Crippen molar-refractivity contribution in [2.24, 2.45) is 5.14 Å². The third-order valence-corrected chi connectivity index (χ3v) is 4.25. The van der Waals surface area contributed by atoms with Crippen LogP contribution in [0.1, 0.15) is 16.8 Å². The molecule has 1 unspecified atom stereocenters. The van der Waals surface area contributed by atoms with E-state index in [1.807, 2.05) is 0 Å². The summed E-state index contributed by atoms with van der Waals surface area (Å²) in [6.07, 6.45) is 0.433. The van der Waals surface area contributed by atoms with Gasteiger partial charge in [-0.05, 0) is 12.5 Å². The summed E-state index contributed by atoms with van der Waals surface area (Å²) in [7, 11) is -2.89. The Kier molecular flexibility index (Phi) is 4.26. The first kappa shape index (κ1) is 15.8. The molecule has 1 aliphatic heterocycles. The summed E-state index contributed by atoms with van der Waals surface area (Å²) in [5, 5.41) is 4.84. The van der Waals surface area contributed by atoms with E-state index in [1.54, 1.807) is 0 Å². The summed E-state index contributed by atoms with van der Waals surface area (Å²) in [4.78, 5) is 12.6. The Morgan fingerprint density at radius 3 is 2.57 bits per heavy atom. The lowest BCUT2D eigenvalue weighted by molar-refractivity contribution is 0.0719. The number of likely N-dealkylation sites (tertiary alicyclic amines) is 1. The van der Waals surface area contributed by atoms with E-state index >= 15 is 0 Å². The van der Waals surface area contributed by atoms with Crippen molar-refractivity contribution in [1.82, 2.24) is 4.90 Å². The van der Waals surface area contributed by atoms with Crippen molar-refractivity contribution in [2.45, 2.75) is 17.4 Å². The number of methoxy groups -OCH3 is 1. The van der Waals surface area contributed by atoms with Crippen LogP contribution in [-0.4, -0.2) is 45.5 Å². The number of carbonyl (C=O) groups excluding carboxylic acids is 1. The minimum absolute atomic E-state index is 0.157. The van der Waals surface area contributed by atoms with Gasteiger partial charge in [0.2, 0.25) is 10.0 Å². The third-order valence-electron chi connectivity index (χ3n) is 3.32. The topological polar surface area (TPSA) is 89.7 Å². The van der Waals surface area contributed by atoms with E-state index in [-0.39, 0.29) is 12.6 Å². The summed E-state index contributed by atoms with van der Waals surface area (Å²) in [5.41, 5.74) is -0.530. The predicted molar refractivity (Wildman–Crippen MR) is 69.0 cm³/mol. The molecule has 1 atom stereocenters. The number of sulfonamides is 1. The lowest BCUT2D eigenvalue weighted by Crippen LogP contribution is -2.31. The van der Waals surface area contributed by atoms with Crippen molar-refractivity contribution in [3.05, 3.63) is 29.3 Å². The van der Waals surface area contributed by atoms with Crippen LogP contribution in [0.25, 0.3) is 0 Å². The molecule has 21 heavy (non-hydrogen) atoms. The molecule has 0 saturated carbocycles. The zero-order chi connectivity index (χ0) is 15.8. The zero-order valence-corrected chi connectivity index (χ0v) is 12.0. The lowest BCUT2D eigenvalue weighted by Gasteiger charge is -2.17. The number of hydrogen-bond donors (Lipinski definition) is 1. The van der Waals surface area contributed by atoms with E-state index in [1.165, 1.54) is 12.0 Å². The van der Waals surface area contributed by atoms with Gasteiger partial charge in [0.1, 0.15) is 16.5 Å². The van der Waals surface area contributed by atoms with Gasteiger partial charge in [0.05, 0.1) is 11.7 Å². The largest absolute Gasteiger partial charge is 0.380 e. The van der Waals surface area contributed by atoms with Crippen LogP contribution in [0.2, 0.25) is 0 Å². The molecule has 1 fully saturated rings. The van der Waals surface area contributed by atoms with Crippen molar-refractivity contribution in [3.8, 4) is 0 Å². The van der Waals surface area contributed by atoms with Gasteiger partial charge in [-0.1, -0.05) is 0 Å². The van der Waals surface area contributed by atoms with Crippen LogP contribution in [0.4, 0.5) is 8.78 Å². The Hall–Kier alpha value is -1.58. The number of carbonyl (C=O) groups is 1. The standard InChI is InChI=1S/C12H14F2N2O4S/c1-20-7-2-3-16(6-7)12(17)8-4-11(21(15,18)19)10(14)5-9(8)13/h4-5,7H,2-3,6H2,1H3,(H2,15,18,19). The highest BCUT2D eigenvalue weighted by Crippen LogP contribution is 2.22. The predicted octanol–water partition coefficient (Wildman–Crippen LogP) is 0.473. The zero-order valence-electron chi connectivity index (χ0n) is 11.2. The van der Waals surface area contributed by atoms with Gasteiger partial charge in [-0.3, -0.25) is 4.79 Å². The van der Waals surface area contributed by atoms with Crippen molar-refractivity contribution >= 4 is 15.9 Å². The quantitative estimate of drug-likeness (QED) is 0.877. The highest BCUT2D eigenvalue weighted by molar-refractivity contribution is 7.89. The van der Waals surface area contributed by atoms with Crippen LogP contribution >= 0.6 is 0 Å². The van der Waals surface area contributed by atoms with E-state index in [9.17, 15) is 22.0 Å². The van der Waals surface area contributed by atoms with E-state index in [4.69, 9.17) is 9.88 Å². The van der Waals surface area contributed by atoms with Crippen LogP contribution in [-0.2, 0) is 14.8 Å². The Morgan fingerprint density at radius 1 is 1.38 bits per heavy atom. The Morgan fingerprint density at radius 2 is 2.05 bits per heavy atom. The SMILES string of the molecule is COC1CCN(C(=O)c2cc(S(N)(=O)=O)c(F)cc2F)C1. The molecule has 1 heterocycles. The molecule has 0 spiro atoms. The molecule has 2 rings (SSSR count). The molecule has 0 aromatic heterocycles. The Balaban J connectivity index is 2.38. The summed E-state index contributed by atoms with van der Waals surface area (Å²) in [6.45, 7) is 0.607. The van der Waals surface area contributed by atoms with Gasteiger partial charge in [-0.15, -0.1) is 0 Å². The molecular formula is C12H14F2N2O4S. The molecule has 6 nitrogen and oxygen atoms in total. The van der Waals surface area contributed by atoms with E-state index in [2.05, 4.69) is 0 Å². The molecule has 9 heteroatoms. The van der Waals surface area contributed by atoms with Gasteiger partial charge < -0.3 is 9.64 Å². The van der Waals surface area contributed by atoms with Crippen LogP contribution < -0.4 is 5.14 Å². The van der Waals surface area contributed by atoms with E-state index in [0.29, 0.717) is 25.1 Å². The lowest BCUT2D eigenvalue weighted by atomic mass is 10.2. The fourth-order valence-electron chi connectivity index (χ4n) is 2.19. The Labute approximate surface area is 120 Å². The fraction of sp³-hybridized carbons (Fsp3) is 0.417. The number of benzene rings is 1. The molecule has 1 aromatic rings. The molecule has 1 aromatic carbocycles. The van der Waals surface area contributed by atoms with Gasteiger partial charge in [-0.25, -0.2) is 22.3 Å². The minimum atomic E-state index is -4.38. The molecule has 0 aliphatic carbocycles. The maximum absolute atomic E-state index is 13.7. The molecule has 1 aliphatic rings. The summed E-state index contributed by atoms with van der Waals surface area (Å²) in [6, 6.07) is 0.972. The second-order valence-electron chi connectivity index (χ2n) is 4.71. The van der Waals surface area contributed by atoms with Crippen LogP contribution in [0.15, 0.2) is 17.0 Å². The number of rotatable bonds is 3. The molecule has 1 amide bonds. The van der Waals surface area contributed by atoms with Crippen molar-refractivity contribution in [3.63, 3.8) is 0 Å². The monoisotopic (exact) mass is 320 g/mol. The number of halogens is 2. The van der Waals surface area contributed by atoms with Gasteiger partial charge in [-0.2, -0.15) is 0 Å². The van der Waals surface area contributed by atoms with Crippen molar-refractivity contribution < 1.29 is 26.7 Å². The first-order valence-electron chi connectivity index (χ1n) is 6.08. The van der Waals surface area contributed by atoms with Crippen LogP contribution in [0, 0.1) is 11.6 Å². The van der Waals surface area contributed by atoms with Crippen LogP contribution in [0.3, 0.4) is 0 Å². The number of hydrogen-bond acceptors (Lipinski definition) is 4. The average Bonchev–Trinajstić information content (AvgIpc) is 2.85. The fourth-order valence-corrected chi connectivity index (χ4v) is 2.80. The Bertz CT molecular complexity index is 678. The number of primary sulfonamides is 1. The molecule has 2 N–H and O–H groups in total. The van der Waals surface area contributed by atoms with Crippen molar-refractivity contribution in [1.29, 1.82) is 0 Å². The number of nitrogens with zero attached hydrogens (tertiary/aromatic N) is 1. The number of amides is 1. The highest BCUT2D eigenvalue weighted by atomic mass is 32.2. The maximum Gasteiger partial charge on any atom is 0.256 e. The van der Waals surface area contributed by atoms with Crippen molar-refractivity contribution in [2.75, 3.05) is 20.2 Å². The normalized spacial score (nSPS) is 19.0. The van der Waals surface area contributed by atoms with E-state index < -0.39 is 38.0 Å². The first-order chi connectivity index (χ1) is 9.74. The number of ether oxygens (including phenoxy) is 1. The molecule has 1 saturated heterocycles. The second kappa shape index (κ2) is 5.66. The average molecular weight is 320 g/mol. The van der Waals surface area contributed by atoms with Gasteiger partial charge in [0.15, 0.2) is 0 Å². The van der Waals surface area contributed by atoms with E-state index in [0.717, 1.165) is 0 Å². The molecular weight excluding hydrogens is 306 g/mol. The third kappa shape index (κ3) is 3.20. The summed E-state index contributed by atoms with van der Waals surface area (Å²) in [5.74, 6) is -3.19. The van der Waals surface area contributed by atoms with Gasteiger partial charge in [0, 0.05) is 26.3 Å². The van der Waals surface area contributed by atoms with Gasteiger partial charge >= 0.3 is 0 Å². The molecule has 0 radical (unpaired) electrons. The molecule has 116 valence electrons. The van der Waals surface area contributed by atoms with Gasteiger partial charge in [0.25, 0.3) is 5.91 Å². The second-order valence-corrected chi connectivity index (χ2v) is 6.23. The summed E-state index contributed by atoms with van der Waals surface area (Å²) >= 11 is 0. The number of nitrogens with two attached hydrogens (primary N) is 1. The maximum atomic E-state index is 13.7. The summed E-state index contributed by atoms with van der Waals surface area (Å²) < 4.78 is 54.7. The minimum Gasteiger partial charge on any atom is -0.380 e. The van der Waals surface area contributed by atoms with Crippen LogP contribution in [0.5, 0.6) is 0 Å². The highest BCUT2D eigenvalue weighted by Gasteiger charge is 2.30. The smallest absolute Gasteiger partial charge is 0.256 e.